The van der Waals surface area contributed by atoms with Gasteiger partial charge < -0.3 is 24.3 Å². The summed E-state index contributed by atoms with van der Waals surface area (Å²) in [6.07, 6.45) is 5.80. The first-order valence-corrected chi connectivity index (χ1v) is 18.5. The fourth-order valence-corrected chi connectivity index (χ4v) is 8.84. The van der Waals surface area contributed by atoms with Gasteiger partial charge in [-0.05, 0) is 96.4 Å². The molecular weight excluding hydrogens is 614 g/mol. The van der Waals surface area contributed by atoms with E-state index < -0.39 is 12.1 Å². The molecular formula is C37H56ClN5O4. The van der Waals surface area contributed by atoms with Gasteiger partial charge in [-0.15, -0.1) is 0 Å². The average molecular weight is 670 g/mol. The summed E-state index contributed by atoms with van der Waals surface area (Å²) in [5.41, 5.74) is 0.994. The molecule has 0 radical (unpaired) electrons. The van der Waals surface area contributed by atoms with Crippen molar-refractivity contribution in [2.45, 2.75) is 108 Å². The van der Waals surface area contributed by atoms with Gasteiger partial charge in [-0.3, -0.25) is 19.3 Å². The van der Waals surface area contributed by atoms with Crippen LogP contribution in [0.2, 0.25) is 5.02 Å². The molecule has 1 aromatic rings. The lowest BCUT2D eigenvalue weighted by molar-refractivity contribution is -0.148. The Hall–Kier alpha value is -2.20. The molecule has 4 saturated heterocycles. The molecule has 0 N–H and O–H groups in total. The van der Waals surface area contributed by atoms with Gasteiger partial charge in [-0.25, -0.2) is 0 Å². The quantitative estimate of drug-likeness (QED) is 0.445. The Labute approximate surface area is 286 Å². The summed E-state index contributed by atoms with van der Waals surface area (Å²) < 4.78 is 5.95. The minimum absolute atomic E-state index is 0.0121. The number of piperazine rings is 1. The number of ether oxygens (including phenoxy) is 1. The Balaban J connectivity index is 1.32. The van der Waals surface area contributed by atoms with Gasteiger partial charge in [0.15, 0.2) is 0 Å². The molecule has 1 saturated carbocycles. The predicted octanol–water partition coefficient (Wildman–Crippen LogP) is 4.48. The van der Waals surface area contributed by atoms with Crippen LogP contribution < -0.4 is 0 Å². The highest BCUT2D eigenvalue weighted by Crippen LogP contribution is 2.40. The second-order valence-corrected chi connectivity index (χ2v) is 16.5. The molecule has 0 bridgehead atoms. The van der Waals surface area contributed by atoms with Gasteiger partial charge in [-0.2, -0.15) is 0 Å². The monoisotopic (exact) mass is 669 g/mol. The third-order valence-corrected chi connectivity index (χ3v) is 12.0. The number of carbonyl (C=O) groups excluding carboxylic acids is 3. The summed E-state index contributed by atoms with van der Waals surface area (Å²) in [5.74, 6) is 0.470. The van der Waals surface area contributed by atoms with Crippen LogP contribution in [0.4, 0.5) is 0 Å². The summed E-state index contributed by atoms with van der Waals surface area (Å²) in [7, 11) is 2.08. The highest BCUT2D eigenvalue weighted by molar-refractivity contribution is 6.30. The van der Waals surface area contributed by atoms with Crippen LogP contribution >= 0.6 is 11.6 Å². The zero-order valence-electron chi connectivity index (χ0n) is 29.2. The van der Waals surface area contributed by atoms with Crippen molar-refractivity contribution in [1.82, 2.24) is 24.5 Å². The summed E-state index contributed by atoms with van der Waals surface area (Å²) in [5, 5.41) is 0.677. The number of nitrogens with zero attached hydrogens (tertiary/aromatic N) is 5. The molecule has 0 spiro atoms. The molecule has 1 aliphatic carbocycles. The van der Waals surface area contributed by atoms with E-state index in [1.807, 2.05) is 34.1 Å². The van der Waals surface area contributed by atoms with Gasteiger partial charge >= 0.3 is 0 Å². The van der Waals surface area contributed by atoms with E-state index in [1.54, 1.807) is 0 Å². The Kier molecular flexibility index (Phi) is 10.6. The van der Waals surface area contributed by atoms with E-state index in [-0.39, 0.29) is 47.2 Å². The lowest BCUT2D eigenvalue weighted by Gasteiger charge is -2.41. The molecule has 5 atom stereocenters. The van der Waals surface area contributed by atoms with E-state index in [2.05, 4.69) is 49.4 Å². The van der Waals surface area contributed by atoms with Gasteiger partial charge in [0, 0.05) is 74.9 Å². The first-order valence-electron chi connectivity index (χ1n) is 18.1. The van der Waals surface area contributed by atoms with E-state index in [1.165, 1.54) is 0 Å². The largest absolute Gasteiger partial charge is 0.368 e. The molecule has 5 aliphatic rings. The van der Waals surface area contributed by atoms with Crippen molar-refractivity contribution in [2.24, 2.45) is 11.8 Å². The minimum Gasteiger partial charge on any atom is -0.368 e. The fraction of sp³-hybridized carbons (Fsp3) is 0.757. The first kappa shape index (κ1) is 34.7. The van der Waals surface area contributed by atoms with Crippen LogP contribution in [0.3, 0.4) is 0 Å². The zero-order valence-corrected chi connectivity index (χ0v) is 30.0. The van der Waals surface area contributed by atoms with Gasteiger partial charge in [-0.1, -0.05) is 30.7 Å². The second-order valence-electron chi connectivity index (χ2n) is 16.0. The molecule has 0 aromatic heterocycles. The van der Waals surface area contributed by atoms with Gasteiger partial charge in [0.1, 0.15) is 12.1 Å². The molecule has 47 heavy (non-hydrogen) atoms. The Morgan fingerprint density at radius 3 is 2.17 bits per heavy atom. The highest BCUT2D eigenvalue weighted by atomic mass is 35.5. The number of hydrogen-bond acceptors (Lipinski definition) is 6. The lowest BCUT2D eigenvalue weighted by atomic mass is 9.85. The predicted molar refractivity (Wildman–Crippen MR) is 184 cm³/mol. The van der Waals surface area contributed by atoms with Crippen LogP contribution in [-0.4, -0.2) is 131 Å². The molecule has 9 nitrogen and oxygen atoms in total. The van der Waals surface area contributed by atoms with Crippen molar-refractivity contribution in [3.05, 3.63) is 34.9 Å². The Morgan fingerprint density at radius 1 is 0.872 bits per heavy atom. The first-order chi connectivity index (χ1) is 22.4. The van der Waals surface area contributed by atoms with Gasteiger partial charge in [0.25, 0.3) is 5.91 Å². The topological polar surface area (TPSA) is 76.6 Å². The molecule has 1 aromatic carbocycles. The number of likely N-dealkylation sites (N-methyl/N-ethyl adjacent to an activating group) is 1. The van der Waals surface area contributed by atoms with Gasteiger partial charge in [0.05, 0.1) is 12.0 Å². The van der Waals surface area contributed by atoms with Crippen molar-refractivity contribution < 1.29 is 19.1 Å². The van der Waals surface area contributed by atoms with Gasteiger partial charge in [0.2, 0.25) is 11.8 Å². The molecule has 3 amide bonds. The maximum absolute atomic E-state index is 15.0. The van der Waals surface area contributed by atoms with Crippen molar-refractivity contribution in [3.63, 3.8) is 0 Å². The number of amides is 3. The lowest BCUT2D eigenvalue weighted by Crippen LogP contribution is -2.54. The van der Waals surface area contributed by atoms with Crippen molar-refractivity contribution >= 4 is 29.3 Å². The van der Waals surface area contributed by atoms with E-state index in [4.69, 9.17) is 16.3 Å². The number of halogens is 1. The molecule has 6 rings (SSSR count). The van der Waals surface area contributed by atoms with E-state index >= 15 is 4.79 Å². The summed E-state index contributed by atoms with van der Waals surface area (Å²) in [6, 6.07) is 7.24. The molecule has 10 heteroatoms. The molecule has 5 fully saturated rings. The average Bonchev–Trinajstić information content (AvgIpc) is 3.83. The van der Waals surface area contributed by atoms with Crippen LogP contribution in [0, 0.1) is 11.8 Å². The molecule has 0 unspecified atom stereocenters. The standard InChI is InChI=1S/C37H56ClN5O4/c1-25-8-14-28(15-9-25)43(36(46)33-7-6-20-47-33)29-21-32(35(45)40-18-16-39(5)17-19-40)42(22-29)34(44)31-24-41(37(2,3)4)23-30(31)26-10-12-27(38)13-11-26/h10-13,25,28-33H,6-9,14-24H2,1-5H3/t25-,28+,29-,30-,31-,32-,33-/m0/s1. The van der Waals surface area contributed by atoms with Crippen LogP contribution in [0.15, 0.2) is 24.3 Å². The number of hydrogen-bond donors (Lipinski definition) is 0. The van der Waals surface area contributed by atoms with Crippen LogP contribution in [0.25, 0.3) is 0 Å². The van der Waals surface area contributed by atoms with Crippen molar-refractivity contribution in [1.29, 1.82) is 0 Å². The zero-order chi connectivity index (χ0) is 33.5. The normalized spacial score (nSPS) is 32.6. The maximum atomic E-state index is 15.0. The number of rotatable bonds is 6. The van der Waals surface area contributed by atoms with E-state index in [0.717, 1.165) is 63.7 Å². The Bertz CT molecular complexity index is 1260. The minimum atomic E-state index is -0.576. The smallest absolute Gasteiger partial charge is 0.252 e. The summed E-state index contributed by atoms with van der Waals surface area (Å²) in [4.78, 5) is 54.3. The fourth-order valence-electron chi connectivity index (χ4n) is 8.71. The van der Waals surface area contributed by atoms with E-state index in [0.29, 0.717) is 50.1 Å². The second kappa shape index (κ2) is 14.3. The number of likely N-dealkylation sites (tertiary alicyclic amines) is 2. The third kappa shape index (κ3) is 7.53. The van der Waals surface area contributed by atoms with Crippen LogP contribution in [0.5, 0.6) is 0 Å². The molecule has 4 heterocycles. The maximum Gasteiger partial charge on any atom is 0.252 e. The summed E-state index contributed by atoms with van der Waals surface area (Å²) >= 11 is 6.28. The van der Waals surface area contributed by atoms with E-state index in [9.17, 15) is 9.59 Å². The van der Waals surface area contributed by atoms with Crippen molar-refractivity contribution in [2.75, 3.05) is 59.5 Å². The van der Waals surface area contributed by atoms with Crippen LogP contribution in [-0.2, 0) is 19.1 Å². The van der Waals surface area contributed by atoms with Crippen LogP contribution in [0.1, 0.15) is 84.1 Å². The third-order valence-electron chi connectivity index (χ3n) is 11.8. The Morgan fingerprint density at radius 2 is 1.55 bits per heavy atom. The SMILES string of the molecule is CN1CCN(C(=O)[C@@H]2C[C@H](N(C(=O)[C@@H]3CCCO3)[C@H]3CC[C@@H](C)CC3)CN2C(=O)[C@H]2CN(C(C)(C)C)C[C@H]2c2ccc(Cl)cc2)CC1. The molecule has 4 aliphatic heterocycles. The number of carbonyl (C=O) groups is 3. The van der Waals surface area contributed by atoms with Crippen molar-refractivity contribution in [3.8, 4) is 0 Å². The number of benzene rings is 1. The molecule has 260 valence electrons. The summed E-state index contributed by atoms with van der Waals surface area (Å²) in [6.45, 7) is 14.3. The highest BCUT2D eigenvalue weighted by Gasteiger charge is 2.51.